The van der Waals surface area contributed by atoms with Crippen LogP contribution in [0.1, 0.15) is 26.9 Å². The first-order chi connectivity index (χ1) is 11.6. The van der Waals surface area contributed by atoms with Crippen LogP contribution in [-0.2, 0) is 6.42 Å². The molecule has 0 unspecified atom stereocenters. The number of ether oxygens (including phenoxy) is 1. The molecule has 1 aromatic carbocycles. The Morgan fingerprint density at radius 2 is 2.12 bits per heavy atom. The zero-order chi connectivity index (χ0) is 16.7. The molecule has 4 rings (SSSR count). The minimum absolute atomic E-state index is 0.712. The maximum atomic E-state index is 5.65. The lowest BCUT2D eigenvalue weighted by Gasteiger charge is -2.19. The number of aryl methyl sites for hydroxylation is 3. The third kappa shape index (κ3) is 2.67. The molecule has 0 saturated carbocycles. The van der Waals surface area contributed by atoms with Gasteiger partial charge in [-0.05, 0) is 39.0 Å². The molecule has 124 valence electrons. The van der Waals surface area contributed by atoms with Gasteiger partial charge in [0.25, 0.3) is 0 Å². The Morgan fingerprint density at radius 3 is 2.92 bits per heavy atom. The van der Waals surface area contributed by atoms with Crippen LogP contribution in [0.15, 0.2) is 22.7 Å². The Balaban J connectivity index is 1.66. The molecule has 0 spiro atoms. The highest BCUT2D eigenvalue weighted by Gasteiger charge is 2.17. The van der Waals surface area contributed by atoms with E-state index in [1.165, 1.54) is 4.88 Å². The Morgan fingerprint density at radius 1 is 1.25 bits per heavy atom. The van der Waals surface area contributed by atoms with Crippen molar-refractivity contribution in [2.45, 2.75) is 27.2 Å². The van der Waals surface area contributed by atoms with Crippen molar-refractivity contribution in [3.05, 3.63) is 45.1 Å². The van der Waals surface area contributed by atoms with Gasteiger partial charge in [-0.25, -0.2) is 4.98 Å². The highest BCUT2D eigenvalue weighted by Crippen LogP contribution is 2.35. The van der Waals surface area contributed by atoms with Crippen molar-refractivity contribution < 1.29 is 9.26 Å². The summed E-state index contributed by atoms with van der Waals surface area (Å²) < 4.78 is 10.9. The predicted molar refractivity (Wildman–Crippen MR) is 95.1 cm³/mol. The third-order valence-electron chi connectivity index (χ3n) is 4.28. The van der Waals surface area contributed by atoms with Gasteiger partial charge in [-0.3, -0.25) is 0 Å². The first-order valence-electron chi connectivity index (χ1n) is 8.01. The van der Waals surface area contributed by atoms with E-state index in [9.17, 15) is 0 Å². The second-order valence-electron chi connectivity index (χ2n) is 5.98. The van der Waals surface area contributed by atoms with Gasteiger partial charge in [0.2, 0.25) is 0 Å². The van der Waals surface area contributed by atoms with Gasteiger partial charge in [0.1, 0.15) is 18.1 Å². The molecule has 2 aromatic heterocycles. The Kier molecular flexibility index (Phi) is 3.76. The molecule has 0 saturated heterocycles. The molecule has 1 aliphatic heterocycles. The topological polar surface area (TPSA) is 60.2 Å². The van der Waals surface area contributed by atoms with E-state index in [2.05, 4.69) is 29.5 Å². The van der Waals surface area contributed by atoms with Gasteiger partial charge >= 0.3 is 0 Å². The molecule has 1 N–H and O–H groups in total. The zero-order valence-electron chi connectivity index (χ0n) is 14.0. The molecule has 1 aliphatic rings. The summed E-state index contributed by atoms with van der Waals surface area (Å²) in [6, 6.07) is 6.22. The molecule has 6 heteroatoms. The number of nitrogens with zero attached hydrogens (tertiary/aromatic N) is 2. The summed E-state index contributed by atoms with van der Waals surface area (Å²) in [7, 11) is 0. The van der Waals surface area contributed by atoms with Gasteiger partial charge in [-0.2, -0.15) is 0 Å². The van der Waals surface area contributed by atoms with Crippen LogP contribution >= 0.6 is 11.3 Å². The van der Waals surface area contributed by atoms with Gasteiger partial charge in [0.15, 0.2) is 0 Å². The lowest BCUT2D eigenvalue weighted by Crippen LogP contribution is -2.17. The van der Waals surface area contributed by atoms with Gasteiger partial charge in [-0.15, -0.1) is 11.3 Å². The molecule has 0 aliphatic carbocycles. The quantitative estimate of drug-likeness (QED) is 0.776. The van der Waals surface area contributed by atoms with Crippen LogP contribution in [0, 0.1) is 20.8 Å². The van der Waals surface area contributed by atoms with Gasteiger partial charge in [-0.1, -0.05) is 5.16 Å². The summed E-state index contributed by atoms with van der Waals surface area (Å²) in [6.07, 6.45) is 0.763. The highest BCUT2D eigenvalue weighted by molar-refractivity contribution is 7.12. The highest BCUT2D eigenvalue weighted by atomic mass is 32.1. The fraction of sp³-hybridized carbons (Fsp3) is 0.333. The van der Waals surface area contributed by atoms with E-state index in [0.717, 1.165) is 57.7 Å². The van der Waals surface area contributed by atoms with Crippen LogP contribution in [0.2, 0.25) is 0 Å². The van der Waals surface area contributed by atoms with Crippen molar-refractivity contribution in [2.75, 3.05) is 18.5 Å². The van der Waals surface area contributed by atoms with Crippen LogP contribution in [0.5, 0.6) is 5.75 Å². The second-order valence-corrected chi connectivity index (χ2v) is 7.27. The Hall–Kier alpha value is -2.34. The number of fused-ring (bicyclic) bond motifs is 1. The summed E-state index contributed by atoms with van der Waals surface area (Å²) in [4.78, 5) is 6.08. The summed E-state index contributed by atoms with van der Waals surface area (Å²) in [5.41, 5.74) is 5.27. The third-order valence-corrected chi connectivity index (χ3v) is 5.25. The van der Waals surface area contributed by atoms with Crippen LogP contribution in [0.3, 0.4) is 0 Å². The molecular formula is C18H19N3O2S. The summed E-state index contributed by atoms with van der Waals surface area (Å²) in [6.45, 7) is 7.59. The zero-order valence-corrected chi connectivity index (χ0v) is 14.8. The average molecular weight is 341 g/mol. The molecule has 0 amide bonds. The van der Waals surface area contributed by atoms with E-state index in [1.54, 1.807) is 11.3 Å². The molecule has 24 heavy (non-hydrogen) atoms. The van der Waals surface area contributed by atoms with E-state index >= 15 is 0 Å². The minimum atomic E-state index is 0.712. The van der Waals surface area contributed by atoms with Gasteiger partial charge in [0, 0.05) is 29.0 Å². The summed E-state index contributed by atoms with van der Waals surface area (Å²) in [5.74, 6) is 1.78. The molecule has 5 nitrogen and oxygen atoms in total. The molecule has 3 heterocycles. The molecule has 0 radical (unpaired) electrons. The van der Waals surface area contributed by atoms with E-state index in [-0.39, 0.29) is 0 Å². The van der Waals surface area contributed by atoms with Crippen molar-refractivity contribution >= 4 is 17.0 Å². The fourth-order valence-electron chi connectivity index (χ4n) is 2.99. The molecule has 0 atom stereocenters. The molecular weight excluding hydrogens is 322 g/mol. The first-order valence-corrected chi connectivity index (χ1v) is 8.82. The Bertz CT molecular complexity index is 878. The van der Waals surface area contributed by atoms with Crippen LogP contribution in [-0.4, -0.2) is 23.3 Å². The number of thiazole rings is 1. The normalized spacial score (nSPS) is 13.3. The summed E-state index contributed by atoms with van der Waals surface area (Å²) >= 11 is 1.73. The maximum Gasteiger partial charge on any atom is 0.142 e. The SMILES string of the molecule is Cc1noc(C)c1Cc1nc(-c2ccc3c(c2)NCCO3)c(C)s1. The Labute approximate surface area is 144 Å². The lowest BCUT2D eigenvalue weighted by atomic mass is 10.1. The molecule has 0 fully saturated rings. The summed E-state index contributed by atoms with van der Waals surface area (Å²) in [5, 5.41) is 8.49. The number of nitrogens with one attached hydrogen (secondary N) is 1. The number of hydrogen-bond donors (Lipinski definition) is 1. The molecule has 0 bridgehead atoms. The van der Waals surface area contributed by atoms with Gasteiger partial charge in [0.05, 0.1) is 22.1 Å². The first kappa shape index (κ1) is 15.2. The number of rotatable bonds is 3. The van der Waals surface area contributed by atoms with Crippen molar-refractivity contribution in [1.82, 2.24) is 10.1 Å². The second kappa shape index (κ2) is 5.94. The van der Waals surface area contributed by atoms with Crippen molar-refractivity contribution in [3.63, 3.8) is 0 Å². The monoisotopic (exact) mass is 341 g/mol. The van der Waals surface area contributed by atoms with Crippen LogP contribution in [0.4, 0.5) is 5.69 Å². The fourth-order valence-corrected chi connectivity index (χ4v) is 3.96. The van der Waals surface area contributed by atoms with Crippen molar-refractivity contribution in [1.29, 1.82) is 0 Å². The van der Waals surface area contributed by atoms with E-state index < -0.39 is 0 Å². The molecule has 3 aromatic rings. The smallest absolute Gasteiger partial charge is 0.142 e. The lowest BCUT2D eigenvalue weighted by molar-refractivity contribution is 0.323. The number of aromatic nitrogens is 2. The van der Waals surface area contributed by atoms with E-state index in [4.69, 9.17) is 14.2 Å². The largest absolute Gasteiger partial charge is 0.490 e. The average Bonchev–Trinajstić information content (AvgIpc) is 3.11. The number of benzene rings is 1. The predicted octanol–water partition coefficient (Wildman–Crippen LogP) is 4.12. The van der Waals surface area contributed by atoms with Crippen molar-refractivity contribution in [2.24, 2.45) is 0 Å². The van der Waals surface area contributed by atoms with Gasteiger partial charge < -0.3 is 14.6 Å². The number of hydrogen-bond acceptors (Lipinski definition) is 6. The van der Waals surface area contributed by atoms with E-state index in [1.807, 2.05) is 19.9 Å². The van der Waals surface area contributed by atoms with Crippen molar-refractivity contribution in [3.8, 4) is 17.0 Å². The van der Waals surface area contributed by atoms with Crippen LogP contribution in [0.25, 0.3) is 11.3 Å². The minimum Gasteiger partial charge on any atom is -0.490 e. The number of anilines is 1. The maximum absolute atomic E-state index is 5.65. The standard InChI is InChI=1S/C18H19N3O2S/c1-10-14(11(2)23-21-10)9-17-20-18(12(3)24-17)13-4-5-16-15(8-13)19-6-7-22-16/h4-5,8,19H,6-7,9H2,1-3H3. The van der Waals surface area contributed by atoms with Crippen LogP contribution < -0.4 is 10.1 Å². The van der Waals surface area contributed by atoms with E-state index in [0.29, 0.717) is 6.61 Å².